The summed E-state index contributed by atoms with van der Waals surface area (Å²) >= 11 is 0. The zero-order valence-corrected chi connectivity index (χ0v) is 8.72. The second-order valence-electron chi connectivity index (χ2n) is 3.51. The lowest BCUT2D eigenvalue weighted by Gasteiger charge is -2.11. The molecule has 1 heterocycles. The fourth-order valence-electron chi connectivity index (χ4n) is 1.42. The number of H-pyrrole nitrogens is 1. The van der Waals surface area contributed by atoms with E-state index in [1.54, 1.807) is 0 Å². The Labute approximate surface area is 83.6 Å². The van der Waals surface area contributed by atoms with E-state index in [0.717, 1.165) is 17.7 Å². The zero-order valence-electron chi connectivity index (χ0n) is 8.72. The molecule has 1 rings (SSSR count). The molecule has 0 amide bonds. The molecule has 1 aromatic heterocycles. The Morgan fingerprint density at radius 2 is 2.29 bits per heavy atom. The van der Waals surface area contributed by atoms with Crippen molar-refractivity contribution in [1.29, 1.82) is 0 Å². The maximum Gasteiger partial charge on any atom is 0.254 e. The van der Waals surface area contributed by atoms with Crippen LogP contribution in [0.3, 0.4) is 0 Å². The van der Waals surface area contributed by atoms with Gasteiger partial charge >= 0.3 is 0 Å². The number of hydrogen-bond acceptors (Lipinski definition) is 1. The van der Waals surface area contributed by atoms with Crippen molar-refractivity contribution in [3.05, 3.63) is 39.1 Å². The fraction of sp³-hybridized carbons (Fsp3) is 0.455. The van der Waals surface area contributed by atoms with E-state index in [1.807, 2.05) is 19.9 Å². The lowest BCUT2D eigenvalue weighted by Crippen LogP contribution is -2.10. The molecule has 1 N–H and O–H groups in total. The van der Waals surface area contributed by atoms with Crippen LogP contribution in [0.4, 0.5) is 5.69 Å². The summed E-state index contributed by atoms with van der Waals surface area (Å²) in [7, 11) is 0. The van der Waals surface area contributed by atoms with Crippen LogP contribution in [0.15, 0.2) is 10.9 Å². The monoisotopic (exact) mass is 190 g/mol. The van der Waals surface area contributed by atoms with Crippen LogP contribution in [-0.2, 0) is 0 Å². The zero-order chi connectivity index (χ0) is 10.7. The molecule has 1 atom stereocenters. The van der Waals surface area contributed by atoms with Gasteiger partial charge in [0.1, 0.15) is 0 Å². The van der Waals surface area contributed by atoms with Crippen LogP contribution in [0.5, 0.6) is 0 Å². The largest absolute Gasteiger partial charge is 0.335 e. The molecule has 0 aliphatic rings. The number of nitrogens with one attached hydrogen (secondary N) is 1. The number of aromatic nitrogens is 1. The van der Waals surface area contributed by atoms with E-state index in [1.165, 1.54) is 0 Å². The average molecular weight is 190 g/mol. The second-order valence-corrected chi connectivity index (χ2v) is 3.51. The van der Waals surface area contributed by atoms with E-state index in [0.29, 0.717) is 0 Å². The normalized spacial score (nSPS) is 12.1. The van der Waals surface area contributed by atoms with Gasteiger partial charge in [-0.05, 0) is 24.5 Å². The summed E-state index contributed by atoms with van der Waals surface area (Å²) in [4.78, 5) is 17.4. The molecule has 1 aromatic rings. The van der Waals surface area contributed by atoms with Crippen LogP contribution in [0.25, 0.3) is 4.85 Å². The lowest BCUT2D eigenvalue weighted by molar-refractivity contribution is 0.732. The highest BCUT2D eigenvalue weighted by Gasteiger charge is 2.12. The smallest absolute Gasteiger partial charge is 0.254 e. The summed E-state index contributed by atoms with van der Waals surface area (Å²) in [6.07, 6.45) is 0.936. The highest BCUT2D eigenvalue weighted by Crippen LogP contribution is 2.25. The first kappa shape index (κ1) is 10.5. The molecule has 0 aliphatic carbocycles. The summed E-state index contributed by atoms with van der Waals surface area (Å²) in [5.74, 6) is 0.264. The number of aromatic amines is 1. The fourth-order valence-corrected chi connectivity index (χ4v) is 1.42. The van der Waals surface area contributed by atoms with Gasteiger partial charge in [0.15, 0.2) is 0 Å². The second kappa shape index (κ2) is 4.10. The maximum atomic E-state index is 11.4. The molecule has 0 radical (unpaired) electrons. The van der Waals surface area contributed by atoms with Gasteiger partial charge in [0, 0.05) is 5.69 Å². The van der Waals surface area contributed by atoms with Gasteiger partial charge < -0.3 is 4.98 Å². The van der Waals surface area contributed by atoms with Gasteiger partial charge in [0.2, 0.25) is 0 Å². The van der Waals surface area contributed by atoms with Gasteiger partial charge in [0.05, 0.1) is 6.57 Å². The van der Waals surface area contributed by atoms with Gasteiger partial charge in [0.25, 0.3) is 11.2 Å². The van der Waals surface area contributed by atoms with Crippen molar-refractivity contribution in [1.82, 2.24) is 4.98 Å². The third kappa shape index (κ3) is 1.85. The quantitative estimate of drug-likeness (QED) is 0.715. The van der Waals surface area contributed by atoms with Gasteiger partial charge in [-0.1, -0.05) is 20.3 Å². The van der Waals surface area contributed by atoms with Crippen molar-refractivity contribution in [3.63, 3.8) is 0 Å². The van der Waals surface area contributed by atoms with Crippen molar-refractivity contribution in [3.8, 4) is 0 Å². The Hall–Kier alpha value is -1.56. The van der Waals surface area contributed by atoms with Crippen LogP contribution < -0.4 is 5.56 Å². The van der Waals surface area contributed by atoms with Crippen molar-refractivity contribution in [2.24, 2.45) is 0 Å². The molecule has 0 aliphatic heterocycles. The maximum absolute atomic E-state index is 11.4. The standard InChI is InChI=1S/C11H14N2O/c1-5-7(2)9-6-8(3)13-11(14)10(9)12-4/h6-7H,5H2,1-3H3,(H,13,14). The first-order valence-electron chi connectivity index (χ1n) is 4.71. The van der Waals surface area contributed by atoms with E-state index < -0.39 is 0 Å². The highest BCUT2D eigenvalue weighted by atomic mass is 16.1. The molecule has 0 spiro atoms. The van der Waals surface area contributed by atoms with Crippen LogP contribution in [0.1, 0.15) is 37.4 Å². The Morgan fingerprint density at radius 3 is 2.79 bits per heavy atom. The van der Waals surface area contributed by atoms with Crippen molar-refractivity contribution >= 4 is 5.69 Å². The Kier molecular flexibility index (Phi) is 3.08. The highest BCUT2D eigenvalue weighted by molar-refractivity contribution is 5.52. The molecule has 0 bridgehead atoms. The lowest BCUT2D eigenvalue weighted by atomic mass is 9.97. The van der Waals surface area contributed by atoms with Gasteiger partial charge in [-0.25, -0.2) is 4.85 Å². The molecular formula is C11H14N2O. The van der Waals surface area contributed by atoms with Crippen LogP contribution in [-0.4, -0.2) is 4.98 Å². The Bertz CT molecular complexity index is 426. The number of pyridine rings is 1. The predicted molar refractivity (Wildman–Crippen MR) is 56.8 cm³/mol. The van der Waals surface area contributed by atoms with E-state index in [4.69, 9.17) is 6.57 Å². The summed E-state index contributed by atoms with van der Waals surface area (Å²) in [6.45, 7) is 12.9. The van der Waals surface area contributed by atoms with Gasteiger partial charge in [-0.15, -0.1) is 0 Å². The summed E-state index contributed by atoms with van der Waals surface area (Å²) < 4.78 is 0. The number of rotatable bonds is 2. The molecule has 14 heavy (non-hydrogen) atoms. The molecule has 0 saturated heterocycles. The van der Waals surface area contributed by atoms with E-state index in [9.17, 15) is 4.79 Å². The number of aryl methyl sites for hydroxylation is 1. The molecule has 0 fully saturated rings. The topological polar surface area (TPSA) is 37.2 Å². The third-order valence-electron chi connectivity index (χ3n) is 2.43. The predicted octanol–water partition coefficient (Wildman–Crippen LogP) is 2.75. The van der Waals surface area contributed by atoms with Crippen LogP contribution in [0.2, 0.25) is 0 Å². The Balaban J connectivity index is 3.42. The first-order valence-corrected chi connectivity index (χ1v) is 4.71. The molecule has 1 unspecified atom stereocenters. The molecular weight excluding hydrogens is 176 g/mol. The average Bonchev–Trinajstić information content (AvgIpc) is 2.15. The van der Waals surface area contributed by atoms with E-state index in [-0.39, 0.29) is 17.2 Å². The minimum atomic E-state index is -0.268. The van der Waals surface area contributed by atoms with Crippen molar-refractivity contribution < 1.29 is 0 Å². The minimum Gasteiger partial charge on any atom is -0.335 e. The van der Waals surface area contributed by atoms with E-state index >= 15 is 0 Å². The summed E-state index contributed by atoms with van der Waals surface area (Å²) in [5, 5.41) is 0. The molecule has 0 saturated carbocycles. The molecule has 0 aromatic carbocycles. The van der Waals surface area contributed by atoms with Crippen molar-refractivity contribution in [2.75, 3.05) is 0 Å². The summed E-state index contributed by atoms with van der Waals surface area (Å²) in [6, 6.07) is 1.89. The SMILES string of the molecule is [C-]#[N+]c1c(C(C)CC)cc(C)[nH]c1=O. The molecule has 3 heteroatoms. The van der Waals surface area contributed by atoms with E-state index in [2.05, 4.69) is 16.8 Å². The molecule has 3 nitrogen and oxygen atoms in total. The number of hydrogen-bond donors (Lipinski definition) is 1. The molecule has 74 valence electrons. The minimum absolute atomic E-state index is 0.241. The van der Waals surface area contributed by atoms with Crippen molar-refractivity contribution in [2.45, 2.75) is 33.1 Å². The van der Waals surface area contributed by atoms with Gasteiger partial charge in [-0.2, -0.15) is 0 Å². The first-order chi connectivity index (χ1) is 6.60. The van der Waals surface area contributed by atoms with Gasteiger partial charge in [-0.3, -0.25) is 4.79 Å². The Morgan fingerprint density at radius 1 is 1.64 bits per heavy atom. The van der Waals surface area contributed by atoms with Crippen LogP contribution in [0, 0.1) is 13.5 Å². The third-order valence-corrected chi connectivity index (χ3v) is 2.43. The number of nitrogens with zero attached hydrogens (tertiary/aromatic N) is 1. The summed E-state index contributed by atoms with van der Waals surface area (Å²) in [5.41, 5.74) is 1.65. The van der Waals surface area contributed by atoms with Crippen LogP contribution >= 0.6 is 0 Å².